The molecule has 6 heteroatoms. The molecule has 112 valence electrons. The van der Waals surface area contributed by atoms with Crippen molar-refractivity contribution >= 4 is 23.5 Å². The van der Waals surface area contributed by atoms with E-state index < -0.39 is 0 Å². The number of carbonyl (C=O) groups excluding carboxylic acids is 2. The van der Waals surface area contributed by atoms with Crippen LogP contribution in [0.4, 0.5) is 11.6 Å². The SMILES string of the molecule is O=C1CCCC(=O)N1Cc1ccnc(Nc2ccccc2)n1. The molecular formula is C16H16N4O2. The zero-order chi connectivity index (χ0) is 15.4. The van der Waals surface area contributed by atoms with Crippen LogP contribution < -0.4 is 5.32 Å². The van der Waals surface area contributed by atoms with Gasteiger partial charge in [-0.15, -0.1) is 0 Å². The van der Waals surface area contributed by atoms with Gasteiger partial charge in [-0.05, 0) is 24.6 Å². The highest BCUT2D eigenvalue weighted by Gasteiger charge is 2.26. The van der Waals surface area contributed by atoms with Crippen LogP contribution in [0.15, 0.2) is 42.6 Å². The Morgan fingerprint density at radius 2 is 1.77 bits per heavy atom. The summed E-state index contributed by atoms with van der Waals surface area (Å²) in [7, 11) is 0. The van der Waals surface area contributed by atoms with Crippen molar-refractivity contribution in [1.29, 1.82) is 0 Å². The van der Waals surface area contributed by atoms with Gasteiger partial charge in [0.1, 0.15) is 0 Å². The number of nitrogens with one attached hydrogen (secondary N) is 1. The van der Waals surface area contributed by atoms with Crippen molar-refractivity contribution in [3.8, 4) is 0 Å². The van der Waals surface area contributed by atoms with Crippen LogP contribution in [0.2, 0.25) is 0 Å². The maximum Gasteiger partial charge on any atom is 0.229 e. The van der Waals surface area contributed by atoms with Gasteiger partial charge in [-0.3, -0.25) is 14.5 Å². The monoisotopic (exact) mass is 296 g/mol. The molecule has 22 heavy (non-hydrogen) atoms. The number of hydrogen-bond donors (Lipinski definition) is 1. The Kier molecular flexibility index (Phi) is 4.09. The molecule has 2 aromatic rings. The van der Waals surface area contributed by atoms with Gasteiger partial charge in [-0.25, -0.2) is 9.97 Å². The predicted octanol–water partition coefficient (Wildman–Crippen LogP) is 2.26. The molecule has 2 amide bonds. The highest BCUT2D eigenvalue weighted by molar-refractivity contribution is 5.97. The lowest BCUT2D eigenvalue weighted by Gasteiger charge is -2.24. The van der Waals surface area contributed by atoms with Crippen LogP contribution in [0.3, 0.4) is 0 Å². The first-order valence-electron chi connectivity index (χ1n) is 7.19. The standard InChI is InChI=1S/C16H16N4O2/c21-14-7-4-8-15(22)20(14)11-13-9-10-17-16(19-13)18-12-5-2-1-3-6-12/h1-3,5-6,9-10H,4,7-8,11H2,(H,17,18,19). The Bertz CT molecular complexity index is 672. The third-order valence-corrected chi connectivity index (χ3v) is 3.45. The third-order valence-electron chi connectivity index (χ3n) is 3.45. The third kappa shape index (κ3) is 3.28. The summed E-state index contributed by atoms with van der Waals surface area (Å²) in [5, 5.41) is 3.09. The quantitative estimate of drug-likeness (QED) is 0.876. The number of anilines is 2. The fraction of sp³-hybridized carbons (Fsp3) is 0.250. The first-order chi connectivity index (χ1) is 10.7. The summed E-state index contributed by atoms with van der Waals surface area (Å²) in [6, 6.07) is 11.3. The molecule has 0 unspecified atom stereocenters. The number of rotatable bonds is 4. The van der Waals surface area contributed by atoms with Gasteiger partial charge >= 0.3 is 0 Å². The van der Waals surface area contributed by atoms with Crippen LogP contribution in [0.5, 0.6) is 0 Å². The first kappa shape index (κ1) is 14.2. The summed E-state index contributed by atoms with van der Waals surface area (Å²) in [6.45, 7) is 0.198. The largest absolute Gasteiger partial charge is 0.324 e. The molecule has 3 rings (SSSR count). The van der Waals surface area contributed by atoms with Crippen molar-refractivity contribution in [2.45, 2.75) is 25.8 Å². The van der Waals surface area contributed by atoms with E-state index in [2.05, 4.69) is 15.3 Å². The van der Waals surface area contributed by atoms with Gasteiger partial charge < -0.3 is 5.32 Å². The zero-order valence-electron chi connectivity index (χ0n) is 12.0. The molecule has 1 aromatic heterocycles. The molecule has 0 bridgehead atoms. The van der Waals surface area contributed by atoms with Crippen LogP contribution >= 0.6 is 0 Å². The number of imide groups is 1. The number of amides is 2. The molecule has 0 radical (unpaired) electrons. The predicted molar refractivity (Wildman–Crippen MR) is 81.2 cm³/mol. The highest BCUT2D eigenvalue weighted by Crippen LogP contribution is 2.16. The van der Waals surface area contributed by atoms with E-state index in [4.69, 9.17) is 0 Å². The normalized spacial score (nSPS) is 15.0. The van der Waals surface area contributed by atoms with Gasteiger partial charge in [0, 0.05) is 24.7 Å². The number of aromatic nitrogens is 2. The number of para-hydroxylation sites is 1. The molecule has 1 aliphatic heterocycles. The number of hydrogen-bond acceptors (Lipinski definition) is 5. The minimum Gasteiger partial charge on any atom is -0.324 e. The average Bonchev–Trinajstić information content (AvgIpc) is 2.53. The molecule has 0 spiro atoms. The second-order valence-corrected chi connectivity index (χ2v) is 5.09. The van der Waals surface area contributed by atoms with Crippen molar-refractivity contribution in [2.24, 2.45) is 0 Å². The molecule has 0 aliphatic carbocycles. The maximum atomic E-state index is 11.8. The number of benzene rings is 1. The molecule has 6 nitrogen and oxygen atoms in total. The molecule has 1 saturated heterocycles. The van der Waals surface area contributed by atoms with Crippen LogP contribution in [-0.4, -0.2) is 26.7 Å². The lowest BCUT2D eigenvalue weighted by atomic mass is 10.1. The molecule has 0 saturated carbocycles. The summed E-state index contributed by atoms with van der Waals surface area (Å²) < 4.78 is 0. The van der Waals surface area contributed by atoms with E-state index in [1.54, 1.807) is 12.3 Å². The number of carbonyl (C=O) groups is 2. The van der Waals surface area contributed by atoms with Gasteiger partial charge in [-0.2, -0.15) is 0 Å². The Balaban J connectivity index is 1.73. The van der Waals surface area contributed by atoms with Crippen molar-refractivity contribution in [3.05, 3.63) is 48.3 Å². The van der Waals surface area contributed by atoms with E-state index in [0.29, 0.717) is 30.9 Å². The van der Waals surface area contributed by atoms with Crippen molar-refractivity contribution < 1.29 is 9.59 Å². The van der Waals surface area contributed by atoms with Crippen LogP contribution in [0.1, 0.15) is 25.0 Å². The second kappa shape index (κ2) is 6.34. The first-order valence-corrected chi connectivity index (χ1v) is 7.19. The summed E-state index contributed by atoms with van der Waals surface area (Å²) in [4.78, 5) is 33.5. The van der Waals surface area contributed by atoms with Crippen molar-refractivity contribution in [2.75, 3.05) is 5.32 Å². The summed E-state index contributed by atoms with van der Waals surface area (Å²) in [5.41, 5.74) is 1.52. The second-order valence-electron chi connectivity index (χ2n) is 5.09. The molecule has 0 atom stereocenters. The summed E-state index contributed by atoms with van der Waals surface area (Å²) >= 11 is 0. The Labute approximate surface area is 128 Å². The Hall–Kier alpha value is -2.76. The number of nitrogens with zero attached hydrogens (tertiary/aromatic N) is 3. The van der Waals surface area contributed by atoms with Gasteiger partial charge in [-0.1, -0.05) is 18.2 Å². The highest BCUT2D eigenvalue weighted by atomic mass is 16.2. The zero-order valence-corrected chi connectivity index (χ0v) is 12.0. The van der Waals surface area contributed by atoms with E-state index in [1.165, 1.54) is 4.90 Å². The molecule has 1 aliphatic rings. The Morgan fingerprint density at radius 1 is 1.05 bits per heavy atom. The lowest BCUT2D eigenvalue weighted by molar-refractivity contribution is -0.148. The van der Waals surface area contributed by atoms with Gasteiger partial charge in [0.25, 0.3) is 0 Å². The minimum absolute atomic E-state index is 0.132. The smallest absolute Gasteiger partial charge is 0.229 e. The van der Waals surface area contributed by atoms with E-state index in [1.807, 2.05) is 30.3 Å². The van der Waals surface area contributed by atoms with E-state index in [9.17, 15) is 9.59 Å². The summed E-state index contributed by atoms with van der Waals surface area (Å²) in [6.07, 6.45) is 3.10. The maximum absolute atomic E-state index is 11.8. The van der Waals surface area contributed by atoms with E-state index in [-0.39, 0.29) is 18.4 Å². The molecular weight excluding hydrogens is 280 g/mol. The minimum atomic E-state index is -0.132. The average molecular weight is 296 g/mol. The van der Waals surface area contributed by atoms with Crippen molar-refractivity contribution in [1.82, 2.24) is 14.9 Å². The lowest BCUT2D eigenvalue weighted by Crippen LogP contribution is -2.39. The topological polar surface area (TPSA) is 75.2 Å². The van der Waals surface area contributed by atoms with Gasteiger partial charge in [0.15, 0.2) is 0 Å². The van der Waals surface area contributed by atoms with Crippen LogP contribution in [0.25, 0.3) is 0 Å². The van der Waals surface area contributed by atoms with Crippen LogP contribution in [-0.2, 0) is 16.1 Å². The van der Waals surface area contributed by atoms with E-state index in [0.717, 1.165) is 5.69 Å². The van der Waals surface area contributed by atoms with E-state index >= 15 is 0 Å². The van der Waals surface area contributed by atoms with Crippen molar-refractivity contribution in [3.63, 3.8) is 0 Å². The van der Waals surface area contributed by atoms with Gasteiger partial charge in [0.05, 0.1) is 12.2 Å². The number of piperidine rings is 1. The molecule has 1 fully saturated rings. The number of likely N-dealkylation sites (tertiary alicyclic amines) is 1. The van der Waals surface area contributed by atoms with Gasteiger partial charge in [0.2, 0.25) is 17.8 Å². The molecule has 1 N–H and O–H groups in total. The molecule has 1 aromatic carbocycles. The fourth-order valence-corrected chi connectivity index (χ4v) is 2.33. The fourth-order valence-electron chi connectivity index (χ4n) is 2.33. The van der Waals surface area contributed by atoms with Crippen LogP contribution in [0, 0.1) is 0 Å². The summed E-state index contributed by atoms with van der Waals surface area (Å²) in [5.74, 6) is 0.181. The molecule has 2 heterocycles. The Morgan fingerprint density at radius 3 is 2.50 bits per heavy atom.